The lowest BCUT2D eigenvalue weighted by Gasteiger charge is -2.29. The van der Waals surface area contributed by atoms with Gasteiger partial charge >= 0.3 is 0 Å². The fraction of sp³-hybridized carbons (Fsp3) is 0.250. The molecule has 1 amide bonds. The zero-order valence-electron chi connectivity index (χ0n) is 14.5. The van der Waals surface area contributed by atoms with E-state index in [2.05, 4.69) is 4.98 Å². The summed E-state index contributed by atoms with van der Waals surface area (Å²) in [6.07, 6.45) is 2.62. The lowest BCUT2D eigenvalue weighted by atomic mass is 10.0. The second-order valence-corrected chi connectivity index (χ2v) is 7.37. The number of pyridine rings is 1. The van der Waals surface area contributed by atoms with Crippen molar-refractivity contribution in [3.05, 3.63) is 85.7 Å². The second-order valence-electron chi connectivity index (χ2n) is 6.52. The zero-order valence-corrected chi connectivity index (χ0v) is 15.3. The van der Waals surface area contributed by atoms with Crippen LogP contribution in [0.2, 0.25) is 0 Å². The highest BCUT2D eigenvalue weighted by Crippen LogP contribution is 2.22. The van der Waals surface area contributed by atoms with Crippen LogP contribution in [0, 0.1) is 6.92 Å². The molecule has 132 valence electrons. The van der Waals surface area contributed by atoms with Gasteiger partial charge in [-0.25, -0.2) is 4.98 Å². The van der Waals surface area contributed by atoms with E-state index in [0.717, 1.165) is 22.4 Å². The lowest BCUT2D eigenvalue weighted by molar-refractivity contribution is 0.0738. The molecule has 0 saturated carbocycles. The maximum Gasteiger partial charge on any atom is 0.266 e. The first-order valence-electron chi connectivity index (χ1n) is 8.57. The molecule has 0 fully saturated rings. The monoisotopic (exact) mass is 365 g/mol. The minimum Gasteiger partial charge on any atom is -0.333 e. The largest absolute Gasteiger partial charge is 0.333 e. The molecule has 3 aromatic rings. The molecule has 0 saturated heterocycles. The smallest absolute Gasteiger partial charge is 0.266 e. The first-order valence-corrected chi connectivity index (χ1v) is 9.45. The normalized spacial score (nSPS) is 13.5. The van der Waals surface area contributed by atoms with Crippen molar-refractivity contribution in [3.8, 4) is 0 Å². The van der Waals surface area contributed by atoms with Crippen LogP contribution in [0.1, 0.15) is 32.1 Å². The molecule has 0 atom stereocenters. The van der Waals surface area contributed by atoms with E-state index < -0.39 is 0 Å². The summed E-state index contributed by atoms with van der Waals surface area (Å²) in [5.74, 6) is 0.0245. The molecule has 26 heavy (non-hydrogen) atoms. The van der Waals surface area contributed by atoms with Gasteiger partial charge in [0.15, 0.2) is 0 Å². The van der Waals surface area contributed by atoms with Gasteiger partial charge in [-0.1, -0.05) is 30.3 Å². The Hall–Kier alpha value is -2.73. The number of amides is 1. The van der Waals surface area contributed by atoms with Gasteiger partial charge in [-0.15, -0.1) is 11.3 Å². The van der Waals surface area contributed by atoms with Crippen LogP contribution >= 0.6 is 11.3 Å². The Labute approximate surface area is 155 Å². The van der Waals surface area contributed by atoms with E-state index in [1.165, 1.54) is 11.3 Å². The number of benzene rings is 1. The second kappa shape index (κ2) is 6.88. The van der Waals surface area contributed by atoms with Crippen molar-refractivity contribution in [1.82, 2.24) is 14.5 Å². The predicted octanol–water partition coefficient (Wildman–Crippen LogP) is 2.86. The Morgan fingerprint density at radius 1 is 1.23 bits per heavy atom. The molecular formula is C20H19N3O2S. The van der Waals surface area contributed by atoms with Gasteiger partial charge in [0.25, 0.3) is 11.5 Å². The average molecular weight is 365 g/mol. The number of fused-ring (bicyclic) bond motifs is 1. The number of carbonyl (C=O) groups excluding carboxylic acids is 1. The minimum absolute atomic E-state index is 0.00526. The van der Waals surface area contributed by atoms with Crippen LogP contribution in [0.3, 0.4) is 0 Å². The summed E-state index contributed by atoms with van der Waals surface area (Å²) in [6, 6.07) is 11.6. The number of thiazole rings is 1. The van der Waals surface area contributed by atoms with Gasteiger partial charge in [0, 0.05) is 25.4 Å². The fourth-order valence-corrected chi connectivity index (χ4v) is 4.07. The van der Waals surface area contributed by atoms with Crippen LogP contribution in [-0.2, 0) is 19.5 Å². The van der Waals surface area contributed by atoms with Gasteiger partial charge in [-0.05, 0) is 30.0 Å². The Balaban J connectivity index is 1.60. The van der Waals surface area contributed by atoms with Gasteiger partial charge in [-0.2, -0.15) is 0 Å². The molecule has 0 radical (unpaired) electrons. The van der Waals surface area contributed by atoms with Gasteiger partial charge in [0.05, 0.1) is 17.7 Å². The van der Waals surface area contributed by atoms with Crippen LogP contribution in [0.4, 0.5) is 0 Å². The Kier molecular flexibility index (Phi) is 4.42. The minimum atomic E-state index is 0.00526. The number of aromatic nitrogens is 2. The molecule has 3 heterocycles. The summed E-state index contributed by atoms with van der Waals surface area (Å²) in [5.41, 5.74) is 5.66. The van der Waals surface area contributed by atoms with Crippen LogP contribution in [0.15, 0.2) is 52.9 Å². The molecule has 0 unspecified atom stereocenters. The molecule has 0 aliphatic carbocycles. The maximum atomic E-state index is 12.8. The topological polar surface area (TPSA) is 55.2 Å². The Morgan fingerprint density at radius 2 is 2.04 bits per heavy atom. The molecule has 1 aromatic carbocycles. The van der Waals surface area contributed by atoms with E-state index in [4.69, 9.17) is 0 Å². The number of hydrogen-bond donors (Lipinski definition) is 0. The van der Waals surface area contributed by atoms with E-state index in [1.807, 2.05) is 48.4 Å². The summed E-state index contributed by atoms with van der Waals surface area (Å²) in [5, 5.41) is 0. The molecule has 1 aliphatic rings. The number of hydrogen-bond acceptors (Lipinski definition) is 4. The van der Waals surface area contributed by atoms with Crippen molar-refractivity contribution in [1.29, 1.82) is 0 Å². The molecule has 0 spiro atoms. The van der Waals surface area contributed by atoms with Crippen molar-refractivity contribution in [3.63, 3.8) is 0 Å². The predicted molar refractivity (Wildman–Crippen MR) is 102 cm³/mol. The first-order chi connectivity index (χ1) is 12.6. The quantitative estimate of drug-likeness (QED) is 0.717. The zero-order chi connectivity index (χ0) is 18.1. The molecule has 2 aromatic heterocycles. The highest BCUT2D eigenvalue weighted by atomic mass is 32.1. The van der Waals surface area contributed by atoms with Crippen molar-refractivity contribution < 1.29 is 4.79 Å². The highest BCUT2D eigenvalue weighted by Gasteiger charge is 2.24. The van der Waals surface area contributed by atoms with Crippen molar-refractivity contribution in [2.75, 3.05) is 6.54 Å². The van der Waals surface area contributed by atoms with Crippen LogP contribution in [0.25, 0.3) is 0 Å². The third-order valence-corrected chi connectivity index (χ3v) is 5.66. The lowest BCUT2D eigenvalue weighted by Crippen LogP contribution is -2.37. The van der Waals surface area contributed by atoms with E-state index in [9.17, 15) is 9.59 Å². The van der Waals surface area contributed by atoms with E-state index in [-0.39, 0.29) is 11.5 Å². The third kappa shape index (κ3) is 3.20. The molecule has 0 bridgehead atoms. The molecule has 5 nitrogen and oxygen atoms in total. The van der Waals surface area contributed by atoms with Crippen LogP contribution in [0.5, 0.6) is 0 Å². The van der Waals surface area contributed by atoms with Gasteiger partial charge in [0.2, 0.25) is 0 Å². The van der Waals surface area contributed by atoms with Gasteiger partial charge in [-0.3, -0.25) is 9.59 Å². The molecular weight excluding hydrogens is 346 g/mol. The van der Waals surface area contributed by atoms with Gasteiger partial charge in [0.1, 0.15) is 4.88 Å². The molecule has 1 aliphatic heterocycles. The summed E-state index contributed by atoms with van der Waals surface area (Å²) in [4.78, 5) is 31.9. The van der Waals surface area contributed by atoms with E-state index in [0.29, 0.717) is 30.9 Å². The fourth-order valence-electron chi connectivity index (χ4n) is 3.30. The standard InChI is InChI=1S/C20H19N3O2S/c1-14-19(26-13-21-14)20(25)22-8-7-16-9-18(24)23(12-17(16)11-22)10-15-5-3-2-4-6-15/h2-6,9,12-13H,7-8,10-11H2,1H3. The SMILES string of the molecule is Cc1ncsc1C(=O)N1CCc2cc(=O)n(Cc3ccccc3)cc2C1. The Bertz CT molecular complexity index is 1010. The molecule has 0 N–H and O–H groups in total. The maximum absolute atomic E-state index is 12.8. The van der Waals surface area contributed by atoms with Crippen molar-refractivity contribution in [2.45, 2.75) is 26.4 Å². The van der Waals surface area contributed by atoms with E-state index >= 15 is 0 Å². The average Bonchev–Trinajstić information content (AvgIpc) is 3.08. The number of aryl methyl sites for hydroxylation is 1. The number of carbonyl (C=O) groups is 1. The number of rotatable bonds is 3. The molecule has 6 heteroatoms. The third-order valence-electron chi connectivity index (χ3n) is 4.74. The van der Waals surface area contributed by atoms with Gasteiger partial charge < -0.3 is 9.47 Å². The first kappa shape index (κ1) is 16.7. The summed E-state index contributed by atoms with van der Waals surface area (Å²) in [6.45, 7) is 3.56. The van der Waals surface area contributed by atoms with Crippen LogP contribution in [-0.4, -0.2) is 26.9 Å². The van der Waals surface area contributed by atoms with E-state index in [1.54, 1.807) is 16.1 Å². The highest BCUT2D eigenvalue weighted by molar-refractivity contribution is 7.11. The van der Waals surface area contributed by atoms with Crippen LogP contribution < -0.4 is 5.56 Å². The summed E-state index contributed by atoms with van der Waals surface area (Å²) < 4.78 is 1.72. The van der Waals surface area contributed by atoms with Crippen molar-refractivity contribution >= 4 is 17.2 Å². The summed E-state index contributed by atoms with van der Waals surface area (Å²) in [7, 11) is 0. The Morgan fingerprint density at radius 3 is 2.77 bits per heavy atom. The molecule has 4 rings (SSSR count). The van der Waals surface area contributed by atoms with Crippen molar-refractivity contribution in [2.24, 2.45) is 0 Å². The number of nitrogens with zero attached hydrogens (tertiary/aromatic N) is 3. The summed E-state index contributed by atoms with van der Waals surface area (Å²) >= 11 is 1.38.